The summed E-state index contributed by atoms with van der Waals surface area (Å²) >= 11 is 5.75. The molecule has 134 valence electrons. The van der Waals surface area contributed by atoms with Gasteiger partial charge in [0.1, 0.15) is 10.7 Å². The van der Waals surface area contributed by atoms with Crippen LogP contribution in [0.4, 0.5) is 23.2 Å². The molecule has 5 nitrogen and oxygen atoms in total. The second-order valence-corrected chi connectivity index (χ2v) is 6.77. The third-order valence-electron chi connectivity index (χ3n) is 3.04. The molecule has 1 amide bonds. The Labute approximate surface area is 144 Å². The first kappa shape index (κ1) is 19.2. The number of primary sulfonamides is 1. The molecule has 0 bridgehead atoms. The lowest BCUT2D eigenvalue weighted by atomic mass is 10.1. The number of carbonyl (C=O) groups excluding carboxylic acids is 1. The Morgan fingerprint density at radius 1 is 1.12 bits per heavy atom. The van der Waals surface area contributed by atoms with E-state index in [9.17, 15) is 30.8 Å². The van der Waals surface area contributed by atoms with E-state index in [-0.39, 0.29) is 16.3 Å². The van der Waals surface area contributed by atoms with Crippen LogP contribution in [-0.2, 0) is 16.2 Å². The molecule has 0 spiro atoms. The number of sulfonamides is 1. The normalized spacial score (nSPS) is 12.1. The number of anilines is 1. The van der Waals surface area contributed by atoms with Crippen LogP contribution in [0.15, 0.2) is 41.3 Å². The van der Waals surface area contributed by atoms with Gasteiger partial charge in [0.25, 0.3) is 5.91 Å². The molecule has 3 N–H and O–H groups in total. The smallest absolute Gasteiger partial charge is 0.321 e. The molecule has 0 atom stereocenters. The zero-order chi connectivity index (χ0) is 19.0. The van der Waals surface area contributed by atoms with Gasteiger partial charge in [0.2, 0.25) is 10.0 Å². The highest BCUT2D eigenvalue weighted by atomic mass is 35.5. The van der Waals surface area contributed by atoms with Crippen molar-refractivity contribution in [2.75, 3.05) is 5.32 Å². The third-order valence-corrected chi connectivity index (χ3v) is 4.30. The van der Waals surface area contributed by atoms with Crippen molar-refractivity contribution in [1.82, 2.24) is 0 Å². The first-order valence-corrected chi connectivity index (χ1v) is 8.32. The first-order valence-electron chi connectivity index (χ1n) is 6.40. The van der Waals surface area contributed by atoms with E-state index in [1.165, 1.54) is 0 Å². The molecular weight excluding hydrogens is 388 g/mol. The summed E-state index contributed by atoms with van der Waals surface area (Å²) in [5, 5.41) is 6.76. The van der Waals surface area contributed by atoms with Crippen molar-refractivity contribution >= 4 is 33.2 Å². The van der Waals surface area contributed by atoms with E-state index < -0.39 is 38.4 Å². The Hall–Kier alpha value is -2.17. The molecule has 0 saturated heterocycles. The zero-order valence-corrected chi connectivity index (χ0v) is 13.6. The molecule has 0 aliphatic rings. The summed E-state index contributed by atoms with van der Waals surface area (Å²) in [6.07, 6.45) is -4.65. The monoisotopic (exact) mass is 396 g/mol. The Kier molecular flexibility index (Phi) is 5.07. The number of nitrogens with two attached hydrogens (primary N) is 1. The number of hydrogen-bond acceptors (Lipinski definition) is 3. The van der Waals surface area contributed by atoms with Crippen LogP contribution in [-0.4, -0.2) is 14.3 Å². The van der Waals surface area contributed by atoms with Gasteiger partial charge in [-0.05, 0) is 36.4 Å². The fourth-order valence-electron chi connectivity index (χ4n) is 1.85. The molecule has 25 heavy (non-hydrogen) atoms. The van der Waals surface area contributed by atoms with Gasteiger partial charge in [0.15, 0.2) is 0 Å². The highest BCUT2D eigenvalue weighted by Gasteiger charge is 2.31. The second-order valence-electron chi connectivity index (χ2n) is 4.84. The number of benzene rings is 2. The lowest BCUT2D eigenvalue weighted by molar-refractivity contribution is -0.137. The fraction of sp³-hybridized carbons (Fsp3) is 0.0714. The quantitative estimate of drug-likeness (QED) is 0.779. The largest absolute Gasteiger partial charge is 0.416 e. The third kappa shape index (κ3) is 4.47. The summed E-state index contributed by atoms with van der Waals surface area (Å²) < 4.78 is 74.1. The minimum absolute atomic E-state index is 0.171. The Morgan fingerprint density at radius 2 is 1.76 bits per heavy atom. The molecule has 0 aliphatic heterocycles. The Balaban J connectivity index is 2.38. The van der Waals surface area contributed by atoms with Gasteiger partial charge in [-0.1, -0.05) is 11.6 Å². The van der Waals surface area contributed by atoms with E-state index in [2.05, 4.69) is 5.32 Å². The molecule has 0 aliphatic carbocycles. The van der Waals surface area contributed by atoms with Crippen molar-refractivity contribution in [3.8, 4) is 0 Å². The van der Waals surface area contributed by atoms with Crippen LogP contribution < -0.4 is 10.5 Å². The second kappa shape index (κ2) is 6.62. The van der Waals surface area contributed by atoms with Crippen LogP contribution in [0.1, 0.15) is 15.9 Å². The summed E-state index contributed by atoms with van der Waals surface area (Å²) in [4.78, 5) is 11.2. The summed E-state index contributed by atoms with van der Waals surface area (Å²) in [6, 6.07) is 4.60. The molecule has 0 radical (unpaired) electrons. The molecule has 0 fully saturated rings. The van der Waals surface area contributed by atoms with Crippen molar-refractivity contribution in [3.63, 3.8) is 0 Å². The molecule has 2 aromatic carbocycles. The predicted octanol–water partition coefficient (Wildman–Crippen LogP) is 3.40. The maximum absolute atomic E-state index is 13.5. The zero-order valence-electron chi connectivity index (χ0n) is 12.1. The van der Waals surface area contributed by atoms with Crippen molar-refractivity contribution in [2.24, 2.45) is 5.14 Å². The van der Waals surface area contributed by atoms with E-state index in [1.54, 1.807) is 0 Å². The van der Waals surface area contributed by atoms with Crippen LogP contribution in [0.5, 0.6) is 0 Å². The predicted molar refractivity (Wildman–Crippen MR) is 82.2 cm³/mol. The number of amides is 1. The molecular formula is C14H9ClF4N2O3S. The van der Waals surface area contributed by atoms with Crippen LogP contribution >= 0.6 is 11.6 Å². The summed E-state index contributed by atoms with van der Waals surface area (Å²) in [5.41, 5.74) is -1.72. The topological polar surface area (TPSA) is 89.3 Å². The van der Waals surface area contributed by atoms with E-state index >= 15 is 0 Å². The SMILES string of the molecule is NS(=O)(=O)c1cc(C(=O)Nc2cc(C(F)(F)F)ccc2Cl)ccc1F. The van der Waals surface area contributed by atoms with Gasteiger partial charge in [-0.25, -0.2) is 17.9 Å². The Bertz CT molecular complexity index is 946. The number of rotatable bonds is 3. The number of halogens is 5. The Morgan fingerprint density at radius 3 is 2.32 bits per heavy atom. The van der Waals surface area contributed by atoms with Crippen LogP contribution in [0.3, 0.4) is 0 Å². The summed E-state index contributed by atoms with van der Waals surface area (Å²) in [5.74, 6) is -2.16. The van der Waals surface area contributed by atoms with Gasteiger partial charge in [-0.15, -0.1) is 0 Å². The van der Waals surface area contributed by atoms with Gasteiger partial charge in [0.05, 0.1) is 16.3 Å². The number of nitrogens with one attached hydrogen (secondary N) is 1. The van der Waals surface area contributed by atoms with Gasteiger partial charge in [0, 0.05) is 5.56 Å². The van der Waals surface area contributed by atoms with Gasteiger partial charge in [-0.3, -0.25) is 4.79 Å². The molecule has 11 heteroatoms. The molecule has 0 saturated carbocycles. The van der Waals surface area contributed by atoms with E-state index in [0.717, 1.165) is 18.2 Å². The minimum Gasteiger partial charge on any atom is -0.321 e. The van der Waals surface area contributed by atoms with Gasteiger partial charge in [-0.2, -0.15) is 13.2 Å². The van der Waals surface area contributed by atoms with Crippen molar-refractivity contribution in [3.05, 3.63) is 58.4 Å². The van der Waals surface area contributed by atoms with Gasteiger partial charge < -0.3 is 5.32 Å². The van der Waals surface area contributed by atoms with Crippen LogP contribution in [0.2, 0.25) is 5.02 Å². The average molecular weight is 397 g/mol. The summed E-state index contributed by atoms with van der Waals surface area (Å²) in [7, 11) is -4.43. The fourth-order valence-corrected chi connectivity index (χ4v) is 2.65. The average Bonchev–Trinajstić information content (AvgIpc) is 2.47. The molecule has 2 rings (SSSR count). The van der Waals surface area contributed by atoms with E-state index in [1.807, 2.05) is 0 Å². The lowest BCUT2D eigenvalue weighted by Gasteiger charge is -2.12. The molecule has 0 heterocycles. The molecule has 2 aromatic rings. The number of hydrogen-bond donors (Lipinski definition) is 2. The highest BCUT2D eigenvalue weighted by Crippen LogP contribution is 2.34. The number of alkyl halides is 3. The molecule has 0 aromatic heterocycles. The molecule has 0 unspecified atom stereocenters. The van der Waals surface area contributed by atoms with Crippen molar-refractivity contribution < 1.29 is 30.8 Å². The van der Waals surface area contributed by atoms with Crippen LogP contribution in [0, 0.1) is 5.82 Å². The minimum atomic E-state index is -4.65. The van der Waals surface area contributed by atoms with Crippen molar-refractivity contribution in [2.45, 2.75) is 11.1 Å². The van der Waals surface area contributed by atoms with E-state index in [4.69, 9.17) is 16.7 Å². The maximum Gasteiger partial charge on any atom is 0.416 e. The lowest BCUT2D eigenvalue weighted by Crippen LogP contribution is -2.17. The number of carbonyl (C=O) groups is 1. The van der Waals surface area contributed by atoms with Gasteiger partial charge >= 0.3 is 6.18 Å². The standard InChI is InChI=1S/C14H9ClF4N2O3S/c15-9-3-2-8(14(17,18)19)6-11(9)21-13(22)7-1-4-10(16)12(5-7)25(20,23)24/h1-6H,(H,21,22)(H2,20,23,24). The maximum atomic E-state index is 13.5. The van der Waals surface area contributed by atoms with Crippen molar-refractivity contribution in [1.29, 1.82) is 0 Å². The van der Waals surface area contributed by atoms with Crippen LogP contribution in [0.25, 0.3) is 0 Å². The van der Waals surface area contributed by atoms with E-state index in [0.29, 0.717) is 18.2 Å². The highest BCUT2D eigenvalue weighted by molar-refractivity contribution is 7.89. The first-order chi connectivity index (χ1) is 11.4. The summed E-state index contributed by atoms with van der Waals surface area (Å²) in [6.45, 7) is 0.